The molecule has 0 aliphatic rings. The first-order chi connectivity index (χ1) is 9.52. The Kier molecular flexibility index (Phi) is 6.52. The zero-order valence-electron chi connectivity index (χ0n) is 12.1. The van der Waals surface area contributed by atoms with Crippen LogP contribution in [0.2, 0.25) is 0 Å². The fraction of sp³-hybridized carbons (Fsp3) is 0.429. The molecule has 0 aliphatic carbocycles. The lowest BCUT2D eigenvalue weighted by atomic mass is 10.2. The Balaban J connectivity index is 2.45. The second-order valence-corrected chi connectivity index (χ2v) is 4.53. The topological polar surface area (TPSA) is 70.7 Å². The number of hydrogen-bond acceptors (Lipinski definition) is 4. The lowest BCUT2D eigenvalue weighted by Gasteiger charge is -2.11. The van der Waals surface area contributed by atoms with Crippen molar-refractivity contribution in [2.24, 2.45) is 0 Å². The predicted molar refractivity (Wildman–Crippen MR) is 76.9 cm³/mol. The summed E-state index contributed by atoms with van der Waals surface area (Å²) in [6.45, 7) is 1.39. The van der Waals surface area contributed by atoms with E-state index in [-0.39, 0.29) is 18.4 Å². The molecular weight excluding hydrogens is 258 g/mol. The van der Waals surface area contributed by atoms with Gasteiger partial charge in [-0.05, 0) is 38.4 Å². The molecule has 0 spiro atoms. The van der Waals surface area contributed by atoms with Crippen LogP contribution in [0.15, 0.2) is 24.3 Å². The summed E-state index contributed by atoms with van der Waals surface area (Å²) in [7, 11) is 5.47. The molecule has 2 amide bonds. The largest absolute Gasteiger partial charge is 0.492 e. The number of carbonyl (C=O) groups is 2. The molecule has 0 saturated heterocycles. The van der Waals surface area contributed by atoms with Crippen molar-refractivity contribution in [1.29, 1.82) is 0 Å². The monoisotopic (exact) mass is 279 g/mol. The Labute approximate surface area is 119 Å². The van der Waals surface area contributed by atoms with Gasteiger partial charge in [-0.2, -0.15) is 0 Å². The van der Waals surface area contributed by atoms with Crippen LogP contribution in [0.5, 0.6) is 5.75 Å². The highest BCUT2D eigenvalue weighted by Gasteiger charge is 2.07. The van der Waals surface area contributed by atoms with Crippen molar-refractivity contribution < 1.29 is 14.3 Å². The molecule has 0 heterocycles. The third-order valence-corrected chi connectivity index (χ3v) is 2.61. The molecule has 1 aromatic rings. The maximum Gasteiger partial charge on any atom is 0.251 e. The fourth-order valence-electron chi connectivity index (χ4n) is 1.40. The molecule has 20 heavy (non-hydrogen) atoms. The summed E-state index contributed by atoms with van der Waals surface area (Å²) in [6.07, 6.45) is 0. The summed E-state index contributed by atoms with van der Waals surface area (Å²) >= 11 is 0. The van der Waals surface area contributed by atoms with Gasteiger partial charge in [-0.3, -0.25) is 9.59 Å². The number of benzene rings is 1. The summed E-state index contributed by atoms with van der Waals surface area (Å²) in [4.78, 5) is 24.8. The number of ether oxygens (including phenoxy) is 1. The molecule has 6 nitrogen and oxygen atoms in total. The SMILES string of the molecule is CNC(=O)CNC(=O)c1ccc(OCCN(C)C)cc1. The third-order valence-electron chi connectivity index (χ3n) is 2.61. The lowest BCUT2D eigenvalue weighted by molar-refractivity contribution is -0.119. The van der Waals surface area contributed by atoms with Gasteiger partial charge in [-0.1, -0.05) is 0 Å². The lowest BCUT2D eigenvalue weighted by Crippen LogP contribution is -2.35. The second kappa shape index (κ2) is 8.16. The van der Waals surface area contributed by atoms with Crippen LogP contribution in [0.4, 0.5) is 0 Å². The predicted octanol–water partition coefficient (Wildman–Crippen LogP) is 0.103. The number of nitrogens with zero attached hydrogens (tertiary/aromatic N) is 1. The number of rotatable bonds is 7. The van der Waals surface area contributed by atoms with Crippen molar-refractivity contribution in [3.05, 3.63) is 29.8 Å². The second-order valence-electron chi connectivity index (χ2n) is 4.53. The van der Waals surface area contributed by atoms with Crippen LogP contribution in [0.1, 0.15) is 10.4 Å². The van der Waals surface area contributed by atoms with E-state index in [1.54, 1.807) is 24.3 Å². The average Bonchev–Trinajstić information content (AvgIpc) is 2.44. The quantitative estimate of drug-likeness (QED) is 0.743. The molecule has 0 atom stereocenters. The Hall–Kier alpha value is -2.08. The van der Waals surface area contributed by atoms with Crippen LogP contribution >= 0.6 is 0 Å². The number of likely N-dealkylation sites (N-methyl/N-ethyl adjacent to an activating group) is 2. The van der Waals surface area contributed by atoms with Gasteiger partial charge >= 0.3 is 0 Å². The van der Waals surface area contributed by atoms with E-state index in [4.69, 9.17) is 4.74 Å². The van der Waals surface area contributed by atoms with E-state index >= 15 is 0 Å². The first kappa shape index (κ1) is 16.0. The first-order valence-corrected chi connectivity index (χ1v) is 6.39. The van der Waals surface area contributed by atoms with Gasteiger partial charge < -0.3 is 20.3 Å². The average molecular weight is 279 g/mol. The van der Waals surface area contributed by atoms with E-state index in [0.29, 0.717) is 12.2 Å². The molecule has 6 heteroatoms. The minimum absolute atomic E-state index is 0.0313. The number of amides is 2. The molecule has 0 saturated carbocycles. The minimum Gasteiger partial charge on any atom is -0.492 e. The van der Waals surface area contributed by atoms with Crippen molar-refractivity contribution in [2.75, 3.05) is 40.8 Å². The van der Waals surface area contributed by atoms with Crippen molar-refractivity contribution in [3.63, 3.8) is 0 Å². The maximum absolute atomic E-state index is 11.7. The zero-order valence-corrected chi connectivity index (χ0v) is 12.1. The van der Waals surface area contributed by atoms with Gasteiger partial charge in [0.15, 0.2) is 0 Å². The Bertz CT molecular complexity index is 443. The van der Waals surface area contributed by atoms with Crippen LogP contribution in [0.25, 0.3) is 0 Å². The summed E-state index contributed by atoms with van der Waals surface area (Å²) in [5.41, 5.74) is 0.494. The van der Waals surface area contributed by atoms with Crippen molar-refractivity contribution >= 4 is 11.8 Å². The van der Waals surface area contributed by atoms with E-state index in [2.05, 4.69) is 10.6 Å². The van der Waals surface area contributed by atoms with Gasteiger partial charge in [-0.15, -0.1) is 0 Å². The molecule has 0 aliphatic heterocycles. The summed E-state index contributed by atoms with van der Waals surface area (Å²) in [5, 5.41) is 4.96. The van der Waals surface area contributed by atoms with Crippen LogP contribution in [0.3, 0.4) is 0 Å². The highest BCUT2D eigenvalue weighted by molar-refractivity contribution is 5.96. The van der Waals surface area contributed by atoms with Gasteiger partial charge in [0.05, 0.1) is 6.54 Å². The highest BCUT2D eigenvalue weighted by Crippen LogP contribution is 2.12. The van der Waals surface area contributed by atoms with E-state index in [0.717, 1.165) is 12.3 Å². The molecule has 110 valence electrons. The van der Waals surface area contributed by atoms with Crippen molar-refractivity contribution in [3.8, 4) is 5.75 Å². The van der Waals surface area contributed by atoms with E-state index in [1.807, 2.05) is 19.0 Å². The maximum atomic E-state index is 11.7. The Morgan fingerprint density at radius 2 is 1.85 bits per heavy atom. The van der Waals surface area contributed by atoms with Crippen molar-refractivity contribution in [1.82, 2.24) is 15.5 Å². The molecular formula is C14H21N3O3. The minimum atomic E-state index is -0.284. The van der Waals surface area contributed by atoms with E-state index in [1.165, 1.54) is 7.05 Å². The van der Waals surface area contributed by atoms with Crippen molar-refractivity contribution in [2.45, 2.75) is 0 Å². The van der Waals surface area contributed by atoms with Gasteiger partial charge in [0.25, 0.3) is 5.91 Å². The number of hydrogen-bond donors (Lipinski definition) is 2. The van der Waals surface area contributed by atoms with E-state index < -0.39 is 0 Å². The number of nitrogens with one attached hydrogen (secondary N) is 2. The van der Waals surface area contributed by atoms with Crippen LogP contribution in [0, 0.1) is 0 Å². The van der Waals surface area contributed by atoms with Crippen LogP contribution < -0.4 is 15.4 Å². The number of carbonyl (C=O) groups excluding carboxylic acids is 2. The van der Waals surface area contributed by atoms with Crippen LogP contribution in [-0.4, -0.2) is 57.6 Å². The normalized spacial score (nSPS) is 10.2. The van der Waals surface area contributed by atoms with Gasteiger partial charge in [0.1, 0.15) is 12.4 Å². The van der Waals surface area contributed by atoms with Gasteiger partial charge in [0.2, 0.25) is 5.91 Å². The molecule has 2 N–H and O–H groups in total. The third kappa shape index (κ3) is 5.71. The highest BCUT2D eigenvalue weighted by atomic mass is 16.5. The molecule has 0 bridgehead atoms. The fourth-order valence-corrected chi connectivity index (χ4v) is 1.40. The summed E-state index contributed by atoms with van der Waals surface area (Å²) in [5.74, 6) is 0.199. The Morgan fingerprint density at radius 1 is 1.20 bits per heavy atom. The standard InChI is InChI=1S/C14H21N3O3/c1-15-13(18)10-16-14(19)11-4-6-12(7-5-11)20-9-8-17(2)3/h4-7H,8-10H2,1-3H3,(H,15,18)(H,16,19). The van der Waals surface area contributed by atoms with Crippen LogP contribution in [-0.2, 0) is 4.79 Å². The molecule has 0 radical (unpaired) electrons. The summed E-state index contributed by atoms with van der Waals surface area (Å²) in [6, 6.07) is 6.82. The Morgan fingerprint density at radius 3 is 2.40 bits per heavy atom. The van der Waals surface area contributed by atoms with Gasteiger partial charge in [0, 0.05) is 19.2 Å². The molecule has 0 fully saturated rings. The first-order valence-electron chi connectivity index (χ1n) is 6.39. The smallest absolute Gasteiger partial charge is 0.251 e. The molecule has 1 rings (SSSR count). The molecule has 0 unspecified atom stereocenters. The van der Waals surface area contributed by atoms with Gasteiger partial charge in [-0.25, -0.2) is 0 Å². The molecule has 0 aromatic heterocycles. The van der Waals surface area contributed by atoms with E-state index in [9.17, 15) is 9.59 Å². The summed E-state index contributed by atoms with van der Waals surface area (Å²) < 4.78 is 5.53. The molecule has 1 aromatic carbocycles. The zero-order chi connectivity index (χ0) is 15.0.